The Morgan fingerprint density at radius 2 is 1.89 bits per heavy atom. The molecule has 38 heavy (non-hydrogen) atoms. The van der Waals surface area contributed by atoms with Gasteiger partial charge in [0.25, 0.3) is 0 Å². The van der Waals surface area contributed by atoms with Gasteiger partial charge in [0.05, 0.1) is 24.1 Å². The first-order chi connectivity index (χ1) is 18.2. The minimum Gasteiger partial charge on any atom is -0.496 e. The van der Waals surface area contributed by atoms with Crippen LogP contribution in [0.3, 0.4) is 0 Å². The largest absolute Gasteiger partial charge is 0.496 e. The first-order valence-corrected chi connectivity index (χ1v) is 11.6. The Morgan fingerprint density at radius 1 is 1.05 bits per heavy atom. The minimum atomic E-state index is -4.71. The van der Waals surface area contributed by atoms with Crippen LogP contribution in [0.5, 0.6) is 5.75 Å². The number of rotatable bonds is 7. The molecule has 0 bridgehead atoms. The smallest absolute Gasteiger partial charge is 0.419 e. The van der Waals surface area contributed by atoms with E-state index in [1.54, 1.807) is 24.5 Å². The zero-order valence-corrected chi connectivity index (χ0v) is 20.1. The molecule has 0 saturated heterocycles. The Kier molecular flexibility index (Phi) is 6.71. The van der Waals surface area contributed by atoms with Crippen molar-refractivity contribution in [2.75, 3.05) is 7.11 Å². The molecule has 6 nitrogen and oxygen atoms in total. The van der Waals surface area contributed by atoms with Gasteiger partial charge in [0, 0.05) is 42.8 Å². The lowest BCUT2D eigenvalue weighted by atomic mass is 9.96. The normalized spacial score (nSPS) is 12.4. The number of aliphatic imine (C=N–C) groups is 1. The quantitative estimate of drug-likeness (QED) is 0.221. The third-order valence-electron chi connectivity index (χ3n) is 6.21. The highest BCUT2D eigenvalue weighted by atomic mass is 19.4. The third-order valence-corrected chi connectivity index (χ3v) is 6.21. The number of methoxy groups -OCH3 is 1. The Hall–Kier alpha value is -4.47. The third kappa shape index (κ3) is 5.02. The topological polar surface area (TPSA) is 77.3 Å². The van der Waals surface area contributed by atoms with E-state index in [2.05, 4.69) is 19.9 Å². The van der Waals surface area contributed by atoms with Gasteiger partial charge in [0.1, 0.15) is 29.3 Å². The predicted molar refractivity (Wildman–Crippen MR) is 132 cm³/mol. The summed E-state index contributed by atoms with van der Waals surface area (Å²) in [5.41, 5.74) is 3.07. The van der Waals surface area contributed by atoms with E-state index in [9.17, 15) is 22.4 Å². The van der Waals surface area contributed by atoms with E-state index in [1.807, 2.05) is 6.07 Å². The molecule has 1 aliphatic rings. The Morgan fingerprint density at radius 3 is 2.68 bits per heavy atom. The van der Waals surface area contributed by atoms with Crippen molar-refractivity contribution in [2.45, 2.75) is 25.4 Å². The Bertz CT molecular complexity index is 1570. The van der Waals surface area contributed by atoms with Crippen LogP contribution in [-0.2, 0) is 25.4 Å². The van der Waals surface area contributed by atoms with Crippen LogP contribution in [0.2, 0.25) is 0 Å². The fourth-order valence-corrected chi connectivity index (χ4v) is 4.36. The van der Waals surface area contributed by atoms with Gasteiger partial charge in [-0.25, -0.2) is 14.4 Å². The van der Waals surface area contributed by atoms with E-state index in [4.69, 9.17) is 4.74 Å². The number of pyridine rings is 1. The number of hydrogen-bond donors (Lipinski definition) is 0. The molecule has 0 fully saturated rings. The Labute approximate surface area is 215 Å². The molecule has 0 atom stereocenters. The van der Waals surface area contributed by atoms with Crippen LogP contribution in [0, 0.1) is 5.82 Å². The summed E-state index contributed by atoms with van der Waals surface area (Å²) in [4.78, 5) is 30.4. The average Bonchev–Trinajstić information content (AvgIpc) is 3.39. The molecule has 0 saturated carbocycles. The maximum Gasteiger partial charge on any atom is 0.419 e. The van der Waals surface area contributed by atoms with E-state index in [-0.39, 0.29) is 11.1 Å². The maximum atomic E-state index is 14.7. The van der Waals surface area contributed by atoms with Gasteiger partial charge in [-0.1, -0.05) is 12.1 Å². The van der Waals surface area contributed by atoms with E-state index in [0.29, 0.717) is 35.5 Å². The highest BCUT2D eigenvalue weighted by Gasteiger charge is 2.35. The van der Waals surface area contributed by atoms with Crippen molar-refractivity contribution in [3.05, 3.63) is 101 Å². The van der Waals surface area contributed by atoms with Gasteiger partial charge in [0.2, 0.25) is 0 Å². The van der Waals surface area contributed by atoms with Crippen LogP contribution in [0.1, 0.15) is 38.4 Å². The van der Waals surface area contributed by atoms with Gasteiger partial charge in [-0.3, -0.25) is 14.8 Å². The van der Waals surface area contributed by atoms with E-state index in [0.717, 1.165) is 30.5 Å². The number of carbonyl (C=O) groups is 1. The fourth-order valence-electron chi connectivity index (χ4n) is 4.36. The minimum absolute atomic E-state index is 0.0712. The molecule has 3 heterocycles. The van der Waals surface area contributed by atoms with Crippen LogP contribution >= 0.6 is 0 Å². The summed E-state index contributed by atoms with van der Waals surface area (Å²) in [5.74, 6) is -1.67. The molecule has 0 aliphatic carbocycles. The molecule has 2 aromatic heterocycles. The number of fused-ring (bicyclic) bond motifs is 1. The molecule has 192 valence electrons. The molecular weight excluding hydrogens is 500 g/mol. The summed E-state index contributed by atoms with van der Waals surface area (Å²) in [6.45, 7) is 0. The summed E-state index contributed by atoms with van der Waals surface area (Å²) in [6.07, 6.45) is 0.691. The molecule has 0 spiro atoms. The molecule has 4 aromatic rings. The first kappa shape index (κ1) is 25.2. The molecule has 5 rings (SSSR count). The standard InChI is InChI=1S/C28H20F4N4O2/c1-38-25-7-5-17(13-20(25)28(30,31)32)24(37)14-18-11-16(4-6-21(18)29)12-23-19(3-2-9-33-23)26-27-22(8-10-34-27)35-15-36-26/h2-7,9-11,13,15H,8,12,14H2,1H3. The zero-order valence-electron chi connectivity index (χ0n) is 20.1. The van der Waals surface area contributed by atoms with Gasteiger partial charge in [-0.15, -0.1) is 0 Å². The summed E-state index contributed by atoms with van der Waals surface area (Å²) < 4.78 is 59.6. The molecule has 0 unspecified atom stereocenters. The monoisotopic (exact) mass is 520 g/mol. The first-order valence-electron chi connectivity index (χ1n) is 11.6. The number of aromatic nitrogens is 3. The number of benzene rings is 2. The number of nitrogens with zero attached hydrogens (tertiary/aromatic N) is 4. The van der Waals surface area contributed by atoms with Crippen molar-refractivity contribution in [1.29, 1.82) is 0 Å². The van der Waals surface area contributed by atoms with Crippen molar-refractivity contribution in [1.82, 2.24) is 15.0 Å². The van der Waals surface area contributed by atoms with Crippen molar-refractivity contribution in [3.63, 3.8) is 0 Å². The SMILES string of the molecule is COc1ccc(C(=O)Cc2cc(Cc3ncccc3-c3ncnc4c3N=CC4)ccc2F)cc1C(F)(F)F. The highest BCUT2D eigenvalue weighted by Crippen LogP contribution is 2.37. The van der Waals surface area contributed by atoms with Crippen molar-refractivity contribution < 1.29 is 27.1 Å². The molecule has 10 heteroatoms. The number of ketones is 1. The lowest BCUT2D eigenvalue weighted by Crippen LogP contribution is -2.11. The summed E-state index contributed by atoms with van der Waals surface area (Å²) in [5, 5.41) is 0. The molecule has 0 N–H and O–H groups in total. The van der Waals surface area contributed by atoms with Gasteiger partial charge in [-0.2, -0.15) is 13.2 Å². The number of hydrogen-bond acceptors (Lipinski definition) is 6. The van der Waals surface area contributed by atoms with Crippen LogP contribution in [0.4, 0.5) is 23.2 Å². The van der Waals surface area contributed by atoms with Crippen LogP contribution in [0.15, 0.2) is 66.0 Å². The molecular formula is C28H20F4N4O2. The van der Waals surface area contributed by atoms with E-state index < -0.39 is 35.5 Å². The lowest BCUT2D eigenvalue weighted by molar-refractivity contribution is -0.138. The summed E-state index contributed by atoms with van der Waals surface area (Å²) >= 11 is 0. The fraction of sp³-hybridized carbons (Fsp3) is 0.179. The van der Waals surface area contributed by atoms with Crippen LogP contribution in [0.25, 0.3) is 11.3 Å². The van der Waals surface area contributed by atoms with Gasteiger partial charge >= 0.3 is 6.18 Å². The number of alkyl halides is 3. The molecule has 1 aliphatic heterocycles. The molecule has 0 amide bonds. The second-order valence-corrected chi connectivity index (χ2v) is 8.65. The van der Waals surface area contributed by atoms with Gasteiger partial charge in [-0.05, 0) is 47.5 Å². The van der Waals surface area contributed by atoms with E-state index in [1.165, 1.54) is 24.5 Å². The average molecular weight is 520 g/mol. The number of Topliss-reactive ketones (excluding diaryl/α,β-unsaturated/α-hetero) is 1. The van der Waals surface area contributed by atoms with E-state index >= 15 is 0 Å². The summed E-state index contributed by atoms with van der Waals surface area (Å²) in [7, 11) is 1.12. The lowest BCUT2D eigenvalue weighted by Gasteiger charge is -2.13. The zero-order chi connectivity index (χ0) is 26.9. The summed E-state index contributed by atoms with van der Waals surface area (Å²) in [6, 6.07) is 11.1. The van der Waals surface area contributed by atoms with Crippen molar-refractivity contribution in [2.24, 2.45) is 4.99 Å². The molecule has 2 aromatic carbocycles. The highest BCUT2D eigenvalue weighted by molar-refractivity contribution is 5.98. The second kappa shape index (κ2) is 10.1. The second-order valence-electron chi connectivity index (χ2n) is 8.65. The maximum absolute atomic E-state index is 14.7. The Balaban J connectivity index is 1.42. The number of halogens is 4. The van der Waals surface area contributed by atoms with Gasteiger partial charge in [0.15, 0.2) is 5.78 Å². The number of ether oxygens (including phenoxy) is 1. The van der Waals surface area contributed by atoms with Crippen molar-refractivity contribution in [3.8, 4) is 17.0 Å². The predicted octanol–water partition coefficient (Wildman–Crippen LogP) is 5.98. The van der Waals surface area contributed by atoms with Crippen molar-refractivity contribution >= 4 is 17.7 Å². The molecule has 0 radical (unpaired) electrons. The van der Waals surface area contributed by atoms with Crippen LogP contribution in [-0.4, -0.2) is 34.1 Å². The van der Waals surface area contributed by atoms with Crippen LogP contribution < -0.4 is 4.74 Å². The van der Waals surface area contributed by atoms with Gasteiger partial charge < -0.3 is 4.74 Å². The number of carbonyl (C=O) groups excluding carboxylic acids is 1.